The minimum absolute atomic E-state index is 0.0347. The molecule has 20 heteroatoms. The van der Waals surface area contributed by atoms with Gasteiger partial charge in [0.1, 0.15) is 18.3 Å². The van der Waals surface area contributed by atoms with Gasteiger partial charge in [-0.15, -0.1) is 0 Å². The van der Waals surface area contributed by atoms with Gasteiger partial charge in [0, 0.05) is 31.2 Å². The van der Waals surface area contributed by atoms with Crippen LogP contribution in [0.1, 0.15) is 36.2 Å². The van der Waals surface area contributed by atoms with Crippen molar-refractivity contribution in [2.45, 2.75) is 30.9 Å². The van der Waals surface area contributed by atoms with Gasteiger partial charge in [-0.3, -0.25) is 13.9 Å². The first-order chi connectivity index (χ1) is 19.0. The fraction of sp³-hybridized carbons (Fsp3) is 0.476. The number of rotatable bonds is 9. The predicted molar refractivity (Wildman–Crippen MR) is 138 cm³/mol. The highest BCUT2D eigenvalue weighted by molar-refractivity contribution is 7.72. The highest BCUT2D eigenvalue weighted by Crippen LogP contribution is 2.69. The number of aromatic nitrogens is 2. The van der Waals surface area contributed by atoms with Crippen LogP contribution in [0.3, 0.4) is 0 Å². The van der Waals surface area contributed by atoms with Gasteiger partial charge in [-0.2, -0.15) is 0 Å². The Labute approximate surface area is 229 Å². The Morgan fingerprint density at radius 2 is 1.88 bits per heavy atom. The molecule has 224 valence electrons. The molecule has 2 aliphatic rings. The van der Waals surface area contributed by atoms with E-state index in [-0.39, 0.29) is 48.2 Å². The smallest absolute Gasteiger partial charge is 0.408 e. The molecule has 0 radical (unpaired) electrons. The zero-order valence-corrected chi connectivity index (χ0v) is 23.3. The van der Waals surface area contributed by atoms with E-state index in [0.717, 1.165) is 6.07 Å². The quantitative estimate of drug-likeness (QED) is 0.167. The van der Waals surface area contributed by atoms with Gasteiger partial charge >= 0.3 is 32.3 Å². The molecule has 1 atom stereocenters. The number of carbonyl (C=O) groups is 2. The molecule has 1 saturated carbocycles. The summed E-state index contributed by atoms with van der Waals surface area (Å²) < 4.78 is 44.6. The number of carbonyl (C=O) groups excluding carboxylic acids is 1. The summed E-state index contributed by atoms with van der Waals surface area (Å²) >= 11 is 0. The van der Waals surface area contributed by atoms with E-state index in [2.05, 4.69) is 20.2 Å². The summed E-state index contributed by atoms with van der Waals surface area (Å²) in [4.78, 5) is 84.6. The van der Waals surface area contributed by atoms with Crippen LogP contribution in [-0.4, -0.2) is 83.8 Å². The summed E-state index contributed by atoms with van der Waals surface area (Å²) in [5.41, 5.74) is -1.03. The van der Waals surface area contributed by atoms with Gasteiger partial charge in [0.2, 0.25) is 5.43 Å². The predicted octanol–water partition coefficient (Wildman–Crippen LogP) is 0.763. The van der Waals surface area contributed by atoms with Gasteiger partial charge in [-0.1, -0.05) is 5.16 Å². The van der Waals surface area contributed by atoms with Crippen LogP contribution in [0.2, 0.25) is 0 Å². The average molecular weight is 621 g/mol. The first-order valence-electron chi connectivity index (χ1n) is 11.9. The standard InChI is InChI=1S/C21H26FN5O12P2/c1-21(40(32,33)34,41(35,36)37)39-20(31)23-6-10-7-26(9-15(10)25-38-2)18-14(22)5-12-16(28)13(19(29)30)8-27(11-3-4-11)17(12)24-18/h5,8,10-11H,3-4,6-7,9H2,1-2H3,(H,23,31)(H,29,30)(H2,32,33,34)(H2,35,36,37)/b25-15-. The second kappa shape index (κ2) is 10.8. The Morgan fingerprint density at radius 1 is 1.24 bits per heavy atom. The van der Waals surface area contributed by atoms with Crippen molar-refractivity contribution in [2.75, 3.05) is 31.6 Å². The molecule has 1 saturated heterocycles. The molecular formula is C21H26FN5O12P2. The lowest BCUT2D eigenvalue weighted by atomic mass is 10.1. The molecule has 1 amide bonds. The van der Waals surface area contributed by atoms with Crippen LogP contribution in [0.15, 0.2) is 22.2 Å². The summed E-state index contributed by atoms with van der Waals surface area (Å²) in [5.74, 6) is -3.29. The number of ether oxygens (including phenoxy) is 1. The van der Waals surface area contributed by atoms with E-state index in [9.17, 15) is 48.2 Å². The van der Waals surface area contributed by atoms with E-state index >= 15 is 4.39 Å². The van der Waals surface area contributed by atoms with Crippen molar-refractivity contribution in [1.29, 1.82) is 0 Å². The zero-order valence-electron chi connectivity index (χ0n) is 21.5. The number of hydrogen-bond acceptors (Lipinski definition) is 10. The molecule has 6 N–H and O–H groups in total. The number of carboxylic acids is 1. The lowest BCUT2D eigenvalue weighted by Gasteiger charge is -2.30. The number of carboxylic acid groups (broad SMARTS) is 1. The van der Waals surface area contributed by atoms with Crippen molar-refractivity contribution >= 4 is 49.8 Å². The summed E-state index contributed by atoms with van der Waals surface area (Å²) in [6.45, 7) is -0.0286. The van der Waals surface area contributed by atoms with Crippen molar-refractivity contribution in [3.63, 3.8) is 0 Å². The number of nitrogens with one attached hydrogen (secondary N) is 1. The Kier molecular flexibility index (Phi) is 8.03. The molecular weight excluding hydrogens is 595 g/mol. The van der Waals surface area contributed by atoms with Crippen LogP contribution in [-0.2, 0) is 18.7 Å². The normalized spacial score (nSPS) is 19.0. The lowest BCUT2D eigenvalue weighted by molar-refractivity contribution is 0.0694. The van der Waals surface area contributed by atoms with Gasteiger partial charge in [-0.25, -0.2) is 19.0 Å². The van der Waals surface area contributed by atoms with Gasteiger partial charge in [0.15, 0.2) is 11.6 Å². The Hall–Kier alpha value is -3.40. The minimum Gasteiger partial charge on any atom is -0.477 e. The maximum atomic E-state index is 15.3. The molecule has 2 fully saturated rings. The molecule has 2 aromatic heterocycles. The van der Waals surface area contributed by atoms with Crippen molar-refractivity contribution in [1.82, 2.24) is 14.9 Å². The SMILES string of the molecule is CO/N=C1/CN(c2nc3c(cc2F)c(=O)c(C(=O)O)cn3C2CC2)CC1CNC(=O)OC(C)(P(=O)(O)O)P(=O)(O)O. The fourth-order valence-corrected chi connectivity index (χ4v) is 6.04. The van der Waals surface area contributed by atoms with Crippen molar-refractivity contribution < 1.29 is 57.4 Å². The van der Waals surface area contributed by atoms with Crippen LogP contribution in [0, 0.1) is 11.7 Å². The molecule has 41 heavy (non-hydrogen) atoms. The summed E-state index contributed by atoms with van der Waals surface area (Å²) in [5, 5.41) is 11.8. The third-order valence-electron chi connectivity index (χ3n) is 6.74. The lowest BCUT2D eigenvalue weighted by Crippen LogP contribution is -2.39. The maximum Gasteiger partial charge on any atom is 0.408 e. The Bertz CT molecular complexity index is 1580. The van der Waals surface area contributed by atoms with Gasteiger partial charge < -0.3 is 49.0 Å². The molecule has 3 heterocycles. The summed E-state index contributed by atoms with van der Waals surface area (Å²) in [6.07, 6.45) is 1.06. The number of alkyl carbamates (subject to hydrolysis) is 1. The van der Waals surface area contributed by atoms with Gasteiger partial charge in [-0.05, 0) is 25.8 Å². The largest absolute Gasteiger partial charge is 0.477 e. The average Bonchev–Trinajstić information content (AvgIpc) is 3.62. The van der Waals surface area contributed by atoms with Crippen LogP contribution in [0.4, 0.5) is 15.0 Å². The third-order valence-corrected chi connectivity index (χ3v) is 10.7. The molecule has 2 aromatic rings. The number of amides is 1. The van der Waals surface area contributed by atoms with E-state index in [1.54, 1.807) is 0 Å². The number of aromatic carboxylic acids is 1. The van der Waals surface area contributed by atoms with E-state index in [4.69, 9.17) is 4.84 Å². The number of pyridine rings is 2. The minimum atomic E-state index is -5.63. The van der Waals surface area contributed by atoms with Crippen LogP contribution in [0.25, 0.3) is 11.0 Å². The Balaban J connectivity index is 1.60. The molecule has 0 aromatic carbocycles. The first-order valence-corrected chi connectivity index (χ1v) is 15.1. The molecule has 1 aliphatic heterocycles. The number of anilines is 1. The number of hydrogen-bond donors (Lipinski definition) is 6. The van der Waals surface area contributed by atoms with Crippen molar-refractivity contribution in [3.05, 3.63) is 33.9 Å². The van der Waals surface area contributed by atoms with Crippen LogP contribution in [0.5, 0.6) is 0 Å². The van der Waals surface area contributed by atoms with E-state index in [0.29, 0.717) is 19.8 Å². The second-order valence-corrected chi connectivity index (χ2v) is 13.9. The number of halogens is 1. The summed E-state index contributed by atoms with van der Waals surface area (Å²) in [7, 11) is -10.0. The van der Waals surface area contributed by atoms with Gasteiger partial charge in [0.25, 0.3) is 0 Å². The van der Waals surface area contributed by atoms with E-state index in [1.165, 1.54) is 22.8 Å². The fourth-order valence-electron chi connectivity index (χ4n) is 4.27. The van der Waals surface area contributed by atoms with Crippen molar-refractivity contribution in [2.24, 2.45) is 11.1 Å². The topological polar surface area (TPSA) is 250 Å². The van der Waals surface area contributed by atoms with Crippen LogP contribution >= 0.6 is 15.2 Å². The molecule has 0 bridgehead atoms. The highest BCUT2D eigenvalue weighted by atomic mass is 31.2. The zero-order chi connectivity index (χ0) is 30.5. The number of fused-ring (bicyclic) bond motifs is 1. The third kappa shape index (κ3) is 5.84. The van der Waals surface area contributed by atoms with E-state index in [1.807, 2.05) is 0 Å². The van der Waals surface area contributed by atoms with Crippen molar-refractivity contribution in [3.8, 4) is 0 Å². The van der Waals surface area contributed by atoms with Crippen LogP contribution < -0.4 is 15.6 Å². The number of nitrogens with zero attached hydrogens (tertiary/aromatic N) is 4. The summed E-state index contributed by atoms with van der Waals surface area (Å²) in [6, 6.07) is 0.799. The second-order valence-electron chi connectivity index (χ2n) is 9.62. The number of oxime groups is 1. The molecule has 17 nitrogen and oxygen atoms in total. The maximum absolute atomic E-state index is 15.3. The monoisotopic (exact) mass is 621 g/mol. The molecule has 0 spiro atoms. The molecule has 1 unspecified atom stereocenters. The Morgan fingerprint density at radius 3 is 2.41 bits per heavy atom. The molecule has 1 aliphatic carbocycles. The van der Waals surface area contributed by atoms with E-state index < -0.39 is 55.1 Å². The molecule has 4 rings (SSSR count). The van der Waals surface area contributed by atoms with Gasteiger partial charge in [0.05, 0.1) is 17.6 Å². The first kappa shape index (κ1) is 30.6. The highest BCUT2D eigenvalue weighted by Gasteiger charge is 2.60.